The number of nitrogens with one attached hydrogen (secondary N) is 1. The van der Waals surface area contributed by atoms with Gasteiger partial charge < -0.3 is 5.73 Å². The normalized spacial score (nSPS) is 10.2. The van der Waals surface area contributed by atoms with Crippen LogP contribution in [-0.2, 0) is 0 Å². The van der Waals surface area contributed by atoms with Gasteiger partial charge in [0.15, 0.2) is 0 Å². The molecule has 0 unspecified atom stereocenters. The van der Waals surface area contributed by atoms with E-state index in [-0.39, 0.29) is 0 Å². The highest BCUT2D eigenvalue weighted by Gasteiger charge is 2.06. The molecule has 0 saturated carbocycles. The maximum atomic E-state index is 5.73. The number of benzene rings is 1. The third-order valence-corrected chi connectivity index (χ3v) is 2.50. The van der Waals surface area contributed by atoms with Crippen LogP contribution in [0.1, 0.15) is 0 Å². The number of hydrogen-bond donors (Lipinski definition) is 2. The van der Waals surface area contributed by atoms with Gasteiger partial charge in [0, 0.05) is 10.0 Å². The Hall–Kier alpha value is -1.29. The Morgan fingerprint density at radius 3 is 2.69 bits per heavy atom. The highest BCUT2D eigenvalue weighted by atomic mass is 79.9. The second-order valence-electron chi connectivity index (χ2n) is 2.68. The van der Waals surface area contributed by atoms with Crippen LogP contribution in [0.25, 0.3) is 11.3 Å². The van der Waals surface area contributed by atoms with Crippen molar-refractivity contribution < 1.29 is 0 Å². The number of nitrogens with zero attached hydrogens (tertiary/aromatic N) is 1. The summed E-state index contributed by atoms with van der Waals surface area (Å²) in [5.74, 6) is 0. The van der Waals surface area contributed by atoms with Gasteiger partial charge in [-0.2, -0.15) is 5.10 Å². The lowest BCUT2D eigenvalue weighted by Gasteiger charge is -2.01. The number of aromatic nitrogens is 2. The summed E-state index contributed by atoms with van der Waals surface area (Å²) in [6, 6.07) is 7.87. The second kappa shape index (κ2) is 3.22. The molecule has 0 amide bonds. The fourth-order valence-corrected chi connectivity index (χ4v) is 1.66. The van der Waals surface area contributed by atoms with Crippen LogP contribution in [0, 0.1) is 0 Å². The number of rotatable bonds is 1. The first-order valence-corrected chi connectivity index (χ1v) is 4.62. The fraction of sp³-hybridized carbons (Fsp3) is 0. The first kappa shape index (κ1) is 8.31. The van der Waals surface area contributed by atoms with E-state index in [4.69, 9.17) is 5.73 Å². The van der Waals surface area contributed by atoms with Crippen molar-refractivity contribution in [3.63, 3.8) is 0 Å². The Balaban J connectivity index is 2.59. The van der Waals surface area contributed by atoms with Gasteiger partial charge in [-0.15, -0.1) is 0 Å². The molecule has 1 heterocycles. The van der Waals surface area contributed by atoms with Gasteiger partial charge >= 0.3 is 0 Å². The first-order chi connectivity index (χ1) is 6.29. The Bertz CT molecular complexity index is 422. The van der Waals surface area contributed by atoms with E-state index in [9.17, 15) is 0 Å². The predicted molar refractivity (Wildman–Crippen MR) is 56.1 cm³/mol. The summed E-state index contributed by atoms with van der Waals surface area (Å²) in [7, 11) is 0. The molecule has 0 radical (unpaired) electrons. The lowest BCUT2D eigenvalue weighted by atomic mass is 10.1. The molecule has 0 spiro atoms. The zero-order valence-electron chi connectivity index (χ0n) is 6.79. The monoisotopic (exact) mass is 237 g/mol. The fourth-order valence-electron chi connectivity index (χ4n) is 1.18. The Morgan fingerprint density at radius 1 is 1.31 bits per heavy atom. The van der Waals surface area contributed by atoms with Crippen LogP contribution in [0.15, 0.2) is 34.9 Å². The minimum absolute atomic E-state index is 0.659. The molecule has 0 bridgehead atoms. The van der Waals surface area contributed by atoms with E-state index in [1.165, 1.54) is 0 Å². The maximum absolute atomic E-state index is 5.73. The van der Waals surface area contributed by atoms with Gasteiger partial charge in [-0.1, -0.05) is 34.1 Å². The summed E-state index contributed by atoms with van der Waals surface area (Å²) in [5, 5.41) is 6.73. The Labute approximate surface area is 84.1 Å². The lowest BCUT2D eigenvalue weighted by Crippen LogP contribution is -1.87. The van der Waals surface area contributed by atoms with Crippen LogP contribution in [0.2, 0.25) is 0 Å². The average molecular weight is 238 g/mol. The third kappa shape index (κ3) is 1.45. The van der Waals surface area contributed by atoms with Crippen molar-refractivity contribution in [3.05, 3.63) is 34.9 Å². The van der Waals surface area contributed by atoms with E-state index < -0.39 is 0 Å². The molecule has 0 aliphatic heterocycles. The van der Waals surface area contributed by atoms with E-state index in [2.05, 4.69) is 26.1 Å². The molecule has 2 rings (SSSR count). The van der Waals surface area contributed by atoms with Gasteiger partial charge in [0.1, 0.15) is 0 Å². The molecule has 3 N–H and O–H groups in total. The molecular weight excluding hydrogens is 230 g/mol. The van der Waals surface area contributed by atoms with Gasteiger partial charge in [0.25, 0.3) is 0 Å². The van der Waals surface area contributed by atoms with E-state index in [1.807, 2.05) is 24.3 Å². The highest BCUT2D eigenvalue weighted by Crippen LogP contribution is 2.29. The van der Waals surface area contributed by atoms with Crippen molar-refractivity contribution in [1.29, 1.82) is 0 Å². The largest absolute Gasteiger partial charge is 0.396 e. The van der Waals surface area contributed by atoms with Gasteiger partial charge in [-0.05, 0) is 6.07 Å². The van der Waals surface area contributed by atoms with Gasteiger partial charge in [-0.25, -0.2) is 0 Å². The minimum Gasteiger partial charge on any atom is -0.396 e. The van der Waals surface area contributed by atoms with Crippen LogP contribution in [0.4, 0.5) is 5.69 Å². The average Bonchev–Trinajstić information content (AvgIpc) is 2.52. The van der Waals surface area contributed by atoms with Crippen molar-refractivity contribution in [2.24, 2.45) is 0 Å². The highest BCUT2D eigenvalue weighted by molar-refractivity contribution is 9.10. The molecule has 0 saturated heterocycles. The van der Waals surface area contributed by atoms with E-state index in [1.54, 1.807) is 6.20 Å². The molecule has 0 aliphatic rings. The molecule has 66 valence electrons. The quantitative estimate of drug-likeness (QED) is 0.801. The van der Waals surface area contributed by atoms with Crippen LogP contribution in [-0.4, -0.2) is 10.2 Å². The molecule has 3 nitrogen and oxygen atoms in total. The number of hydrogen-bond acceptors (Lipinski definition) is 2. The molecule has 13 heavy (non-hydrogen) atoms. The number of aromatic amines is 1. The van der Waals surface area contributed by atoms with Crippen LogP contribution in [0.5, 0.6) is 0 Å². The molecular formula is C9H8BrN3. The number of nitrogens with two attached hydrogens (primary N) is 1. The third-order valence-electron chi connectivity index (χ3n) is 1.81. The Morgan fingerprint density at radius 2 is 2.08 bits per heavy atom. The Kier molecular flexibility index (Phi) is 2.06. The van der Waals surface area contributed by atoms with Gasteiger partial charge in [0.2, 0.25) is 0 Å². The molecule has 2 aromatic rings. The topological polar surface area (TPSA) is 54.7 Å². The second-order valence-corrected chi connectivity index (χ2v) is 3.53. The van der Waals surface area contributed by atoms with E-state index in [0.29, 0.717) is 5.69 Å². The van der Waals surface area contributed by atoms with Gasteiger partial charge in [0.05, 0.1) is 17.6 Å². The number of anilines is 1. The van der Waals surface area contributed by atoms with E-state index in [0.717, 1.165) is 15.7 Å². The van der Waals surface area contributed by atoms with Crippen molar-refractivity contribution in [1.82, 2.24) is 10.2 Å². The zero-order valence-corrected chi connectivity index (χ0v) is 8.38. The first-order valence-electron chi connectivity index (χ1n) is 3.83. The standard InChI is InChI=1S/C9H8BrN3/c10-7-4-2-1-3-6(7)9-8(11)5-12-13-9/h1-5H,11H2,(H,12,13). The van der Waals surface area contributed by atoms with E-state index >= 15 is 0 Å². The van der Waals surface area contributed by atoms with Gasteiger partial charge in [-0.3, -0.25) is 5.10 Å². The maximum Gasteiger partial charge on any atom is 0.0891 e. The summed E-state index contributed by atoms with van der Waals surface area (Å²) in [4.78, 5) is 0. The predicted octanol–water partition coefficient (Wildman–Crippen LogP) is 2.42. The van der Waals surface area contributed by atoms with Crippen molar-refractivity contribution in [2.75, 3.05) is 5.73 Å². The van der Waals surface area contributed by atoms with Crippen molar-refractivity contribution in [3.8, 4) is 11.3 Å². The molecule has 1 aromatic heterocycles. The number of nitrogen functional groups attached to an aromatic ring is 1. The zero-order chi connectivity index (χ0) is 9.26. The molecule has 4 heteroatoms. The summed E-state index contributed by atoms with van der Waals surface area (Å²) < 4.78 is 1.01. The lowest BCUT2D eigenvalue weighted by molar-refractivity contribution is 1.09. The van der Waals surface area contributed by atoms with Crippen molar-refractivity contribution in [2.45, 2.75) is 0 Å². The molecule has 0 aliphatic carbocycles. The minimum atomic E-state index is 0.659. The summed E-state index contributed by atoms with van der Waals surface area (Å²) >= 11 is 3.45. The molecule has 0 atom stereocenters. The van der Waals surface area contributed by atoms with Crippen molar-refractivity contribution >= 4 is 21.6 Å². The van der Waals surface area contributed by atoms with Crippen LogP contribution < -0.4 is 5.73 Å². The summed E-state index contributed by atoms with van der Waals surface area (Å²) in [5.41, 5.74) is 8.27. The summed E-state index contributed by atoms with van der Waals surface area (Å²) in [6.45, 7) is 0. The summed E-state index contributed by atoms with van der Waals surface area (Å²) in [6.07, 6.45) is 1.61. The van der Waals surface area contributed by atoms with Crippen LogP contribution >= 0.6 is 15.9 Å². The SMILES string of the molecule is Nc1cn[nH]c1-c1ccccc1Br. The smallest absolute Gasteiger partial charge is 0.0891 e. The number of halogens is 1. The van der Waals surface area contributed by atoms with Crippen LogP contribution in [0.3, 0.4) is 0 Å². The molecule has 1 aromatic carbocycles. The number of H-pyrrole nitrogens is 1. The molecule has 0 fully saturated rings.